The van der Waals surface area contributed by atoms with E-state index < -0.39 is 0 Å². The van der Waals surface area contributed by atoms with Crippen molar-refractivity contribution in [3.63, 3.8) is 0 Å². The van der Waals surface area contributed by atoms with Crippen LogP contribution in [0.25, 0.3) is 0 Å². The van der Waals surface area contributed by atoms with Crippen molar-refractivity contribution in [1.82, 2.24) is 10.2 Å². The second-order valence-corrected chi connectivity index (χ2v) is 5.64. The molecule has 0 amide bonds. The lowest BCUT2D eigenvalue weighted by Crippen LogP contribution is -2.41. The van der Waals surface area contributed by atoms with Crippen LogP contribution in [0.1, 0.15) is 40.5 Å². The molecule has 0 aromatic carbocycles. The van der Waals surface area contributed by atoms with E-state index in [0.29, 0.717) is 6.04 Å². The Morgan fingerprint density at radius 1 is 1.27 bits per heavy atom. The van der Waals surface area contributed by atoms with Crippen molar-refractivity contribution in [2.24, 2.45) is 11.8 Å². The van der Waals surface area contributed by atoms with Gasteiger partial charge in [0.1, 0.15) is 0 Å². The molecule has 0 saturated carbocycles. The zero-order chi connectivity index (χ0) is 11.3. The van der Waals surface area contributed by atoms with E-state index in [0.717, 1.165) is 11.8 Å². The Morgan fingerprint density at radius 2 is 2.00 bits per heavy atom. The standard InChI is InChI=1S/C13H28N2/c1-11(2)6-9-15-8-5-7-14-13(10-15)12(3)4/h11-14H,5-10H2,1-4H3. The molecule has 0 aliphatic carbocycles. The van der Waals surface area contributed by atoms with Crippen LogP contribution < -0.4 is 5.32 Å². The predicted molar refractivity (Wildman–Crippen MR) is 67.1 cm³/mol. The maximum Gasteiger partial charge on any atom is 0.0217 e. The van der Waals surface area contributed by atoms with Crippen LogP contribution in [0.4, 0.5) is 0 Å². The van der Waals surface area contributed by atoms with Crippen LogP contribution in [0.2, 0.25) is 0 Å². The molecule has 0 radical (unpaired) electrons. The molecule has 2 heteroatoms. The van der Waals surface area contributed by atoms with Crippen molar-refractivity contribution in [3.05, 3.63) is 0 Å². The van der Waals surface area contributed by atoms with Crippen LogP contribution in [0.15, 0.2) is 0 Å². The van der Waals surface area contributed by atoms with Crippen LogP contribution in [0.3, 0.4) is 0 Å². The molecule has 1 fully saturated rings. The average molecular weight is 212 g/mol. The van der Waals surface area contributed by atoms with Gasteiger partial charge < -0.3 is 10.2 Å². The summed E-state index contributed by atoms with van der Waals surface area (Å²) in [7, 11) is 0. The second kappa shape index (κ2) is 6.49. The highest BCUT2D eigenvalue weighted by Crippen LogP contribution is 2.10. The first kappa shape index (κ1) is 13.0. The number of hydrogen-bond acceptors (Lipinski definition) is 2. The smallest absolute Gasteiger partial charge is 0.0217 e. The summed E-state index contributed by atoms with van der Waals surface area (Å²) in [6.45, 7) is 14.3. The summed E-state index contributed by atoms with van der Waals surface area (Å²) in [5, 5.41) is 3.66. The third kappa shape index (κ3) is 4.98. The van der Waals surface area contributed by atoms with E-state index in [2.05, 4.69) is 37.9 Å². The van der Waals surface area contributed by atoms with Gasteiger partial charge >= 0.3 is 0 Å². The van der Waals surface area contributed by atoms with E-state index in [9.17, 15) is 0 Å². The summed E-state index contributed by atoms with van der Waals surface area (Å²) in [5.41, 5.74) is 0. The molecule has 90 valence electrons. The summed E-state index contributed by atoms with van der Waals surface area (Å²) in [6.07, 6.45) is 2.64. The van der Waals surface area contributed by atoms with E-state index in [1.165, 1.54) is 39.0 Å². The summed E-state index contributed by atoms with van der Waals surface area (Å²) >= 11 is 0. The Kier molecular flexibility index (Phi) is 5.62. The Hall–Kier alpha value is -0.0800. The fraction of sp³-hybridized carbons (Fsp3) is 1.00. The Balaban J connectivity index is 2.35. The van der Waals surface area contributed by atoms with Gasteiger partial charge in [-0.15, -0.1) is 0 Å². The molecule has 1 heterocycles. The molecule has 1 saturated heterocycles. The number of hydrogen-bond donors (Lipinski definition) is 1. The van der Waals surface area contributed by atoms with E-state index in [4.69, 9.17) is 0 Å². The van der Waals surface area contributed by atoms with Crippen molar-refractivity contribution in [2.45, 2.75) is 46.6 Å². The van der Waals surface area contributed by atoms with Crippen LogP contribution in [0, 0.1) is 11.8 Å². The largest absolute Gasteiger partial charge is 0.312 e. The summed E-state index contributed by atoms with van der Waals surface area (Å²) < 4.78 is 0. The van der Waals surface area contributed by atoms with Gasteiger partial charge in [-0.3, -0.25) is 0 Å². The monoisotopic (exact) mass is 212 g/mol. The lowest BCUT2D eigenvalue weighted by atomic mass is 10.0. The SMILES string of the molecule is CC(C)CCN1CCCNC(C(C)C)C1. The van der Waals surface area contributed by atoms with Gasteiger partial charge in [-0.2, -0.15) is 0 Å². The molecule has 1 N–H and O–H groups in total. The first-order chi connectivity index (χ1) is 7.09. The topological polar surface area (TPSA) is 15.3 Å². The van der Waals surface area contributed by atoms with Gasteiger partial charge in [0.25, 0.3) is 0 Å². The molecule has 1 unspecified atom stereocenters. The molecular formula is C13H28N2. The van der Waals surface area contributed by atoms with Gasteiger partial charge in [0, 0.05) is 12.6 Å². The highest BCUT2D eigenvalue weighted by molar-refractivity contribution is 4.78. The minimum atomic E-state index is 0.694. The molecule has 0 aromatic rings. The lowest BCUT2D eigenvalue weighted by molar-refractivity contribution is 0.234. The highest BCUT2D eigenvalue weighted by Gasteiger charge is 2.19. The number of nitrogens with zero attached hydrogens (tertiary/aromatic N) is 1. The molecule has 0 bridgehead atoms. The molecule has 1 atom stereocenters. The Labute approximate surface area is 95.4 Å². The van der Waals surface area contributed by atoms with Crippen molar-refractivity contribution in [3.8, 4) is 0 Å². The van der Waals surface area contributed by atoms with Crippen LogP contribution in [-0.4, -0.2) is 37.1 Å². The number of nitrogens with one attached hydrogen (secondary N) is 1. The van der Waals surface area contributed by atoms with Gasteiger partial charge in [0.05, 0.1) is 0 Å². The van der Waals surface area contributed by atoms with Crippen molar-refractivity contribution >= 4 is 0 Å². The minimum absolute atomic E-state index is 0.694. The Morgan fingerprint density at radius 3 is 2.60 bits per heavy atom. The molecule has 2 nitrogen and oxygen atoms in total. The fourth-order valence-electron chi connectivity index (χ4n) is 2.11. The third-order valence-electron chi connectivity index (χ3n) is 3.34. The molecule has 1 aliphatic heterocycles. The van der Waals surface area contributed by atoms with E-state index in [-0.39, 0.29) is 0 Å². The van der Waals surface area contributed by atoms with Gasteiger partial charge in [-0.05, 0) is 44.3 Å². The van der Waals surface area contributed by atoms with E-state index in [1.54, 1.807) is 0 Å². The minimum Gasteiger partial charge on any atom is -0.312 e. The average Bonchev–Trinajstić information content (AvgIpc) is 2.39. The normalized spacial score (nSPS) is 24.8. The summed E-state index contributed by atoms with van der Waals surface area (Å²) in [4.78, 5) is 2.64. The predicted octanol–water partition coefficient (Wildman–Crippen LogP) is 2.35. The molecule has 1 rings (SSSR count). The van der Waals surface area contributed by atoms with Crippen LogP contribution in [0.5, 0.6) is 0 Å². The first-order valence-corrected chi connectivity index (χ1v) is 6.55. The quantitative estimate of drug-likeness (QED) is 0.769. The van der Waals surface area contributed by atoms with E-state index >= 15 is 0 Å². The van der Waals surface area contributed by atoms with Gasteiger partial charge in [-0.1, -0.05) is 27.7 Å². The highest BCUT2D eigenvalue weighted by atomic mass is 15.2. The second-order valence-electron chi connectivity index (χ2n) is 5.64. The van der Waals surface area contributed by atoms with Gasteiger partial charge in [-0.25, -0.2) is 0 Å². The molecule has 0 spiro atoms. The zero-order valence-corrected chi connectivity index (χ0v) is 10.9. The molecule has 1 aliphatic rings. The molecule has 15 heavy (non-hydrogen) atoms. The lowest BCUT2D eigenvalue weighted by Gasteiger charge is -2.27. The van der Waals surface area contributed by atoms with Gasteiger partial charge in [0.15, 0.2) is 0 Å². The van der Waals surface area contributed by atoms with Gasteiger partial charge in [0.2, 0.25) is 0 Å². The molecule has 0 aromatic heterocycles. The summed E-state index contributed by atoms with van der Waals surface area (Å²) in [5.74, 6) is 1.59. The third-order valence-corrected chi connectivity index (χ3v) is 3.34. The Bertz CT molecular complexity index is 166. The van der Waals surface area contributed by atoms with Crippen LogP contribution in [-0.2, 0) is 0 Å². The molecular weight excluding hydrogens is 184 g/mol. The summed E-state index contributed by atoms with van der Waals surface area (Å²) in [6, 6.07) is 0.694. The van der Waals surface area contributed by atoms with E-state index in [1.807, 2.05) is 0 Å². The zero-order valence-electron chi connectivity index (χ0n) is 10.9. The first-order valence-electron chi connectivity index (χ1n) is 6.55. The van der Waals surface area contributed by atoms with Crippen molar-refractivity contribution < 1.29 is 0 Å². The fourth-order valence-corrected chi connectivity index (χ4v) is 2.11. The number of rotatable bonds is 4. The maximum absolute atomic E-state index is 3.66. The van der Waals surface area contributed by atoms with Crippen LogP contribution >= 0.6 is 0 Å². The van der Waals surface area contributed by atoms with Crippen molar-refractivity contribution in [1.29, 1.82) is 0 Å². The maximum atomic E-state index is 3.66. The van der Waals surface area contributed by atoms with Crippen molar-refractivity contribution in [2.75, 3.05) is 26.2 Å².